The van der Waals surface area contributed by atoms with Crippen LogP contribution in [0.25, 0.3) is 12.2 Å². The molecule has 1 N–H and O–H groups in total. The summed E-state index contributed by atoms with van der Waals surface area (Å²) < 4.78 is 0. The molecule has 0 saturated heterocycles. The van der Waals surface area contributed by atoms with Gasteiger partial charge < -0.3 is 4.98 Å². The van der Waals surface area contributed by atoms with E-state index in [1.807, 2.05) is 53.0 Å². The molecule has 1 heteroatoms. The molecule has 0 bridgehead atoms. The number of aromatic nitrogens is 1. The third-order valence-electron chi connectivity index (χ3n) is 1.96. The molecular weight excluding hydrogens is 194 g/mol. The summed E-state index contributed by atoms with van der Waals surface area (Å²) in [7, 11) is 0. The van der Waals surface area contributed by atoms with Gasteiger partial charge in [-0.25, -0.2) is 0 Å². The molecule has 16 heavy (non-hydrogen) atoms. The largest absolute Gasteiger partial charge is 0.361 e. The first-order valence-electron chi connectivity index (χ1n) is 6.28. The Kier molecular flexibility index (Phi) is 12.7. The molecule has 0 aliphatic heterocycles. The van der Waals surface area contributed by atoms with Gasteiger partial charge in [-0.2, -0.15) is 0 Å². The van der Waals surface area contributed by atoms with Gasteiger partial charge in [-0.3, -0.25) is 0 Å². The Morgan fingerprint density at radius 3 is 2.19 bits per heavy atom. The molecule has 0 fully saturated rings. The smallest absolute Gasteiger partial charge is 0.0453 e. The maximum Gasteiger partial charge on any atom is 0.0453 e. The molecule has 0 radical (unpaired) electrons. The van der Waals surface area contributed by atoms with Crippen molar-refractivity contribution in [3.8, 4) is 0 Å². The molecule has 1 aromatic rings. The molecule has 1 nitrogen and oxygen atoms in total. The van der Waals surface area contributed by atoms with E-state index in [-0.39, 0.29) is 0 Å². The van der Waals surface area contributed by atoms with Crippen molar-refractivity contribution in [1.82, 2.24) is 4.98 Å². The van der Waals surface area contributed by atoms with Crippen LogP contribution >= 0.6 is 0 Å². The van der Waals surface area contributed by atoms with Gasteiger partial charge in [0.1, 0.15) is 0 Å². The Bertz CT molecular complexity index is 292. The minimum absolute atomic E-state index is 1.05. The van der Waals surface area contributed by atoms with E-state index in [1.54, 1.807) is 0 Å². The van der Waals surface area contributed by atoms with Gasteiger partial charge in [0, 0.05) is 17.5 Å². The van der Waals surface area contributed by atoms with Crippen molar-refractivity contribution in [3.05, 3.63) is 35.7 Å². The SMILES string of the molecule is C=Cc1c(CC)c[nH]c1/C=C\C.CC.CC. The second-order valence-corrected chi connectivity index (χ2v) is 2.70. The van der Waals surface area contributed by atoms with Crippen molar-refractivity contribution in [2.24, 2.45) is 0 Å². The predicted molar refractivity (Wildman–Crippen MR) is 77.7 cm³/mol. The number of aromatic amines is 1. The van der Waals surface area contributed by atoms with E-state index in [9.17, 15) is 0 Å². The van der Waals surface area contributed by atoms with Crippen LogP contribution in [0.4, 0.5) is 0 Å². The van der Waals surface area contributed by atoms with E-state index < -0.39 is 0 Å². The van der Waals surface area contributed by atoms with Crippen LogP contribution in [-0.4, -0.2) is 4.98 Å². The summed E-state index contributed by atoms with van der Waals surface area (Å²) in [5, 5.41) is 0. The predicted octanol–water partition coefficient (Wildman–Crippen LogP) is 5.31. The first kappa shape index (κ1) is 17.2. The van der Waals surface area contributed by atoms with E-state index in [0.29, 0.717) is 0 Å². The average molecular weight is 221 g/mol. The maximum atomic E-state index is 3.80. The highest BCUT2D eigenvalue weighted by Gasteiger charge is 2.02. The molecule has 0 amide bonds. The Hall–Kier alpha value is -1.24. The molecule has 0 spiro atoms. The lowest BCUT2D eigenvalue weighted by Crippen LogP contribution is -1.80. The van der Waals surface area contributed by atoms with Crippen LogP contribution in [-0.2, 0) is 6.42 Å². The van der Waals surface area contributed by atoms with Crippen molar-refractivity contribution in [3.63, 3.8) is 0 Å². The quantitative estimate of drug-likeness (QED) is 0.712. The van der Waals surface area contributed by atoms with Crippen molar-refractivity contribution in [2.75, 3.05) is 0 Å². The first-order valence-corrected chi connectivity index (χ1v) is 6.28. The van der Waals surface area contributed by atoms with Crippen LogP contribution in [0.2, 0.25) is 0 Å². The van der Waals surface area contributed by atoms with Gasteiger partial charge >= 0.3 is 0 Å². The molecule has 0 atom stereocenters. The van der Waals surface area contributed by atoms with E-state index in [2.05, 4.69) is 24.6 Å². The Morgan fingerprint density at radius 1 is 1.25 bits per heavy atom. The average Bonchev–Trinajstić information content (AvgIpc) is 2.76. The minimum atomic E-state index is 1.05. The minimum Gasteiger partial charge on any atom is -0.361 e. The second-order valence-electron chi connectivity index (χ2n) is 2.70. The second kappa shape index (κ2) is 11.8. The number of nitrogens with one attached hydrogen (secondary N) is 1. The number of rotatable bonds is 3. The fraction of sp³-hybridized carbons (Fsp3) is 0.467. The van der Waals surface area contributed by atoms with E-state index in [0.717, 1.165) is 12.1 Å². The molecule has 0 saturated carbocycles. The van der Waals surface area contributed by atoms with Gasteiger partial charge in [-0.1, -0.05) is 53.3 Å². The zero-order chi connectivity index (χ0) is 13.0. The highest BCUT2D eigenvalue weighted by Crippen LogP contribution is 2.17. The van der Waals surface area contributed by atoms with Crippen molar-refractivity contribution >= 4 is 12.2 Å². The summed E-state index contributed by atoms with van der Waals surface area (Å²) in [4.78, 5) is 3.22. The molecule has 0 aliphatic rings. The van der Waals surface area contributed by atoms with Gasteiger partial charge in [-0.15, -0.1) is 0 Å². The highest BCUT2D eigenvalue weighted by atomic mass is 14.7. The summed E-state index contributed by atoms with van der Waals surface area (Å²) in [6.07, 6.45) is 9.10. The number of hydrogen-bond donors (Lipinski definition) is 1. The summed E-state index contributed by atoms with van der Waals surface area (Å²) in [6.45, 7) is 16.0. The van der Waals surface area contributed by atoms with Gasteiger partial charge in [0.05, 0.1) is 0 Å². The van der Waals surface area contributed by atoms with Crippen LogP contribution in [0.1, 0.15) is 58.4 Å². The molecule has 0 aromatic carbocycles. The highest BCUT2D eigenvalue weighted by molar-refractivity contribution is 5.64. The number of aryl methyl sites for hydroxylation is 1. The number of H-pyrrole nitrogens is 1. The van der Waals surface area contributed by atoms with Crippen molar-refractivity contribution in [2.45, 2.75) is 48.0 Å². The Morgan fingerprint density at radius 2 is 1.81 bits per heavy atom. The van der Waals surface area contributed by atoms with Gasteiger partial charge in [0.2, 0.25) is 0 Å². The summed E-state index contributed by atoms with van der Waals surface area (Å²) >= 11 is 0. The van der Waals surface area contributed by atoms with Crippen LogP contribution in [0, 0.1) is 0 Å². The van der Waals surface area contributed by atoms with Gasteiger partial charge in [0.25, 0.3) is 0 Å². The summed E-state index contributed by atoms with van der Waals surface area (Å²) in [6, 6.07) is 0. The van der Waals surface area contributed by atoms with Crippen LogP contribution in [0.3, 0.4) is 0 Å². The van der Waals surface area contributed by atoms with Crippen LogP contribution in [0.15, 0.2) is 18.9 Å². The van der Waals surface area contributed by atoms with Gasteiger partial charge in [-0.05, 0) is 25.0 Å². The molecule has 0 aliphatic carbocycles. The monoisotopic (exact) mass is 221 g/mol. The van der Waals surface area contributed by atoms with Gasteiger partial charge in [0.15, 0.2) is 0 Å². The maximum absolute atomic E-state index is 3.80. The van der Waals surface area contributed by atoms with Crippen LogP contribution < -0.4 is 0 Å². The normalized spacial score (nSPS) is 8.88. The summed E-state index contributed by atoms with van der Waals surface area (Å²) in [5.41, 5.74) is 3.72. The van der Waals surface area contributed by atoms with E-state index >= 15 is 0 Å². The Balaban J connectivity index is 0. The topological polar surface area (TPSA) is 15.8 Å². The summed E-state index contributed by atoms with van der Waals surface area (Å²) in [5.74, 6) is 0. The third kappa shape index (κ3) is 5.01. The van der Waals surface area contributed by atoms with Crippen molar-refractivity contribution in [1.29, 1.82) is 0 Å². The fourth-order valence-electron chi connectivity index (χ4n) is 1.33. The molecule has 1 heterocycles. The van der Waals surface area contributed by atoms with Crippen LogP contribution in [0.5, 0.6) is 0 Å². The number of allylic oxidation sites excluding steroid dienone is 1. The Labute approximate surface area is 101 Å². The molecule has 0 unspecified atom stereocenters. The molecular formula is C15H27N. The zero-order valence-corrected chi connectivity index (χ0v) is 11.7. The van der Waals surface area contributed by atoms with E-state index in [1.165, 1.54) is 11.1 Å². The lowest BCUT2D eigenvalue weighted by Gasteiger charge is -1.94. The lowest BCUT2D eigenvalue weighted by molar-refractivity contribution is 1.14. The van der Waals surface area contributed by atoms with Crippen molar-refractivity contribution < 1.29 is 0 Å². The fourth-order valence-corrected chi connectivity index (χ4v) is 1.33. The standard InChI is InChI=1S/C11H15N.2C2H6/c1-4-7-11-10(6-3)9(5-2)8-12-11;2*1-2/h4,6-8,12H,3,5H2,1-2H3;2*1-2H3/b7-4-;;. The zero-order valence-electron chi connectivity index (χ0n) is 11.7. The first-order chi connectivity index (χ1) is 7.83. The number of hydrogen-bond acceptors (Lipinski definition) is 0. The lowest BCUT2D eigenvalue weighted by atomic mass is 10.1. The third-order valence-corrected chi connectivity index (χ3v) is 1.96. The molecule has 1 aromatic heterocycles. The molecule has 92 valence electrons. The van der Waals surface area contributed by atoms with E-state index in [4.69, 9.17) is 0 Å². The molecule has 1 rings (SSSR count).